The summed E-state index contributed by atoms with van der Waals surface area (Å²) in [6.07, 6.45) is 28.0. The fourth-order valence-electron chi connectivity index (χ4n) is 6.77. The molecule has 6 unspecified atom stereocenters. The molecular weight excluding hydrogens is 753 g/mol. The van der Waals surface area contributed by atoms with Crippen molar-refractivity contribution in [3.05, 3.63) is 24.3 Å². The molecular formula is C44H80O12S. The highest BCUT2D eigenvalue weighted by molar-refractivity contribution is 7.85. The highest BCUT2D eigenvalue weighted by atomic mass is 32.2. The molecule has 0 radical (unpaired) electrons. The van der Waals surface area contributed by atoms with Crippen LogP contribution in [0.4, 0.5) is 0 Å². The lowest BCUT2D eigenvalue weighted by Gasteiger charge is -2.40. The highest BCUT2D eigenvalue weighted by Crippen LogP contribution is 2.24. The lowest BCUT2D eigenvalue weighted by Crippen LogP contribution is -2.60. The fourth-order valence-corrected chi connectivity index (χ4v) is 7.46. The van der Waals surface area contributed by atoms with Crippen LogP contribution in [0.25, 0.3) is 0 Å². The van der Waals surface area contributed by atoms with Gasteiger partial charge in [-0.25, -0.2) is 0 Å². The summed E-state index contributed by atoms with van der Waals surface area (Å²) < 4.78 is 54.0. The molecule has 12 nitrogen and oxygen atoms in total. The van der Waals surface area contributed by atoms with Crippen molar-refractivity contribution in [2.24, 2.45) is 0 Å². The van der Waals surface area contributed by atoms with Gasteiger partial charge in [0.2, 0.25) is 0 Å². The van der Waals surface area contributed by atoms with Crippen molar-refractivity contribution in [1.29, 1.82) is 0 Å². The van der Waals surface area contributed by atoms with Crippen LogP contribution in [-0.4, -0.2) is 96.0 Å². The molecule has 0 aromatic rings. The Labute approximate surface area is 345 Å². The van der Waals surface area contributed by atoms with E-state index in [-0.39, 0.29) is 19.4 Å². The fraction of sp³-hybridized carbons (Fsp3) is 0.864. The molecule has 1 heterocycles. The summed E-state index contributed by atoms with van der Waals surface area (Å²) in [6, 6.07) is 0. The molecule has 0 amide bonds. The molecule has 1 aliphatic rings. The Bertz CT molecular complexity index is 1160. The van der Waals surface area contributed by atoms with Gasteiger partial charge in [-0.1, -0.05) is 160 Å². The van der Waals surface area contributed by atoms with Crippen LogP contribution in [0.2, 0.25) is 0 Å². The molecule has 57 heavy (non-hydrogen) atoms. The van der Waals surface area contributed by atoms with Gasteiger partial charge in [-0.3, -0.25) is 14.1 Å². The van der Waals surface area contributed by atoms with Gasteiger partial charge in [0.25, 0.3) is 10.1 Å². The van der Waals surface area contributed by atoms with E-state index in [9.17, 15) is 37.9 Å². The number of esters is 2. The Balaban J connectivity index is 2.44. The minimum absolute atomic E-state index is 0.150. The van der Waals surface area contributed by atoms with Gasteiger partial charge in [0.05, 0.1) is 6.61 Å². The number of hydrogen-bond acceptors (Lipinski definition) is 11. The third-order valence-electron chi connectivity index (χ3n) is 10.3. The second kappa shape index (κ2) is 34.9. The summed E-state index contributed by atoms with van der Waals surface area (Å²) >= 11 is 0. The topological polar surface area (TPSA) is 186 Å². The van der Waals surface area contributed by atoms with Crippen molar-refractivity contribution in [2.75, 3.05) is 19.0 Å². The Kier molecular flexibility index (Phi) is 32.6. The van der Waals surface area contributed by atoms with Gasteiger partial charge in [-0.15, -0.1) is 0 Å². The Hall–Kier alpha value is -1.87. The van der Waals surface area contributed by atoms with Crippen LogP contribution in [0.3, 0.4) is 0 Å². The normalized spacial score (nSPS) is 20.7. The molecule has 0 aliphatic carbocycles. The van der Waals surface area contributed by atoms with E-state index in [2.05, 4.69) is 38.2 Å². The Morgan fingerprint density at radius 2 is 1.09 bits per heavy atom. The van der Waals surface area contributed by atoms with Crippen LogP contribution in [0.1, 0.15) is 187 Å². The lowest BCUT2D eigenvalue weighted by atomic mass is 10.00. The highest BCUT2D eigenvalue weighted by Gasteiger charge is 2.46. The molecule has 4 N–H and O–H groups in total. The molecule has 0 bridgehead atoms. The van der Waals surface area contributed by atoms with Crippen LogP contribution in [-0.2, 0) is 38.7 Å². The second-order valence-corrected chi connectivity index (χ2v) is 17.2. The first kappa shape index (κ1) is 53.1. The van der Waals surface area contributed by atoms with E-state index in [1.807, 2.05) is 0 Å². The maximum absolute atomic E-state index is 12.8. The monoisotopic (exact) mass is 833 g/mol. The van der Waals surface area contributed by atoms with Crippen LogP contribution in [0.5, 0.6) is 0 Å². The van der Waals surface area contributed by atoms with Crippen molar-refractivity contribution < 1.29 is 56.8 Å². The van der Waals surface area contributed by atoms with Crippen LogP contribution in [0.15, 0.2) is 24.3 Å². The van der Waals surface area contributed by atoms with Gasteiger partial charge in [0, 0.05) is 12.8 Å². The van der Waals surface area contributed by atoms with Crippen molar-refractivity contribution in [1.82, 2.24) is 0 Å². The number of carbonyl (C=O) groups excluding carboxylic acids is 2. The molecule has 1 rings (SSSR count). The molecule has 0 aromatic heterocycles. The van der Waals surface area contributed by atoms with Gasteiger partial charge in [0.15, 0.2) is 12.4 Å². The molecule has 1 saturated heterocycles. The predicted molar refractivity (Wildman–Crippen MR) is 224 cm³/mol. The summed E-state index contributed by atoms with van der Waals surface area (Å²) in [5.41, 5.74) is 0. The molecule has 334 valence electrons. The minimum Gasteiger partial charge on any atom is -0.462 e. The first-order valence-electron chi connectivity index (χ1n) is 22.4. The zero-order valence-electron chi connectivity index (χ0n) is 35.4. The third kappa shape index (κ3) is 29.9. The maximum atomic E-state index is 12.8. The Morgan fingerprint density at radius 3 is 1.61 bits per heavy atom. The molecule has 6 atom stereocenters. The number of aliphatic hydroxyl groups is 3. The zero-order valence-corrected chi connectivity index (χ0v) is 36.3. The van der Waals surface area contributed by atoms with E-state index in [1.165, 1.54) is 77.0 Å². The van der Waals surface area contributed by atoms with E-state index < -0.39 is 71.2 Å². The van der Waals surface area contributed by atoms with Crippen LogP contribution >= 0.6 is 0 Å². The van der Waals surface area contributed by atoms with Crippen molar-refractivity contribution in [2.45, 2.75) is 224 Å². The number of allylic oxidation sites excluding steroid dienone is 4. The largest absolute Gasteiger partial charge is 0.462 e. The molecule has 1 aliphatic heterocycles. The zero-order chi connectivity index (χ0) is 42.0. The van der Waals surface area contributed by atoms with Gasteiger partial charge in [-0.2, -0.15) is 8.42 Å². The first-order chi connectivity index (χ1) is 27.5. The first-order valence-corrected chi connectivity index (χ1v) is 24.0. The van der Waals surface area contributed by atoms with Gasteiger partial charge in [-0.05, 0) is 38.5 Å². The number of rotatable bonds is 37. The van der Waals surface area contributed by atoms with Crippen molar-refractivity contribution in [3.63, 3.8) is 0 Å². The average molecular weight is 833 g/mol. The van der Waals surface area contributed by atoms with Crippen LogP contribution < -0.4 is 0 Å². The van der Waals surface area contributed by atoms with E-state index in [1.54, 1.807) is 0 Å². The molecule has 1 fully saturated rings. The summed E-state index contributed by atoms with van der Waals surface area (Å²) in [5, 5.41) is 30.8. The SMILES string of the molecule is CCC/C=C\C/C=C\CCCCCCCC(=O)OC(COC(=O)CCCCCCCCCCCCCCCCCC)COC1OC(CS(=O)(=O)O)C(O)C(O)C1O. The van der Waals surface area contributed by atoms with Gasteiger partial charge >= 0.3 is 11.9 Å². The van der Waals surface area contributed by atoms with E-state index in [0.717, 1.165) is 70.6 Å². The van der Waals surface area contributed by atoms with E-state index in [0.29, 0.717) is 12.8 Å². The minimum atomic E-state index is -4.60. The average Bonchev–Trinajstić information content (AvgIpc) is 3.17. The van der Waals surface area contributed by atoms with Crippen molar-refractivity contribution >= 4 is 22.1 Å². The number of aliphatic hydroxyl groups excluding tert-OH is 3. The predicted octanol–water partition coefficient (Wildman–Crippen LogP) is 8.84. The van der Waals surface area contributed by atoms with Crippen molar-refractivity contribution in [3.8, 4) is 0 Å². The Morgan fingerprint density at radius 1 is 0.596 bits per heavy atom. The summed E-state index contributed by atoms with van der Waals surface area (Å²) in [7, 11) is -4.60. The summed E-state index contributed by atoms with van der Waals surface area (Å²) in [4.78, 5) is 25.4. The molecule has 0 aromatic carbocycles. The third-order valence-corrected chi connectivity index (χ3v) is 11.0. The van der Waals surface area contributed by atoms with E-state index in [4.69, 9.17) is 18.9 Å². The lowest BCUT2D eigenvalue weighted by molar-refractivity contribution is -0.297. The quantitative estimate of drug-likeness (QED) is 0.0202. The van der Waals surface area contributed by atoms with Crippen LogP contribution in [0, 0.1) is 0 Å². The maximum Gasteiger partial charge on any atom is 0.306 e. The van der Waals surface area contributed by atoms with Gasteiger partial charge in [0.1, 0.15) is 36.8 Å². The summed E-state index contributed by atoms with van der Waals surface area (Å²) in [6.45, 7) is 3.69. The standard InChI is InChI=1S/C44H80O12S/c1-3-5-7-9-11-13-15-17-18-19-21-22-24-26-28-30-32-39(45)53-34-37(35-54-44-43(49)42(48)41(47)38(56-44)36-57(50,51)52)55-40(46)33-31-29-27-25-23-20-16-14-12-10-8-6-4-2/h8,10,14,16,37-38,41-44,47-49H,3-7,9,11-13,15,17-36H2,1-2H3,(H,50,51,52)/b10-8-,16-14-. The summed E-state index contributed by atoms with van der Waals surface area (Å²) in [5.74, 6) is -1.99. The van der Waals surface area contributed by atoms with E-state index >= 15 is 0 Å². The molecule has 13 heteroatoms. The molecule has 0 spiro atoms. The second-order valence-electron chi connectivity index (χ2n) is 15.7. The number of unbranched alkanes of at least 4 members (excludes halogenated alkanes) is 21. The number of hydrogen-bond donors (Lipinski definition) is 4. The molecule has 0 saturated carbocycles. The smallest absolute Gasteiger partial charge is 0.306 e. The number of ether oxygens (including phenoxy) is 4. The van der Waals surface area contributed by atoms with Gasteiger partial charge < -0.3 is 34.3 Å². The number of carbonyl (C=O) groups is 2.